The second-order valence-electron chi connectivity index (χ2n) is 8.06. The molecule has 4 rings (SSSR count). The standard InChI is InChI=1S/C28H27N3O2S/c1-4-29(5-2)22-17-13-21(14-18-22)19-25-26(32)30(23-9-7-6-8-10-23)28(34)31(27(25)33)24-15-11-20(3)12-16-24/h6-19H,4-5H2,1-3H3. The molecule has 6 heteroatoms. The van der Waals surface area contributed by atoms with Crippen molar-refractivity contribution in [2.45, 2.75) is 20.8 Å². The van der Waals surface area contributed by atoms with Crippen LogP contribution in [0.15, 0.2) is 84.4 Å². The molecule has 34 heavy (non-hydrogen) atoms. The van der Waals surface area contributed by atoms with Crippen molar-refractivity contribution in [2.24, 2.45) is 0 Å². The number of carbonyl (C=O) groups is 2. The van der Waals surface area contributed by atoms with Gasteiger partial charge in [0.1, 0.15) is 5.57 Å². The lowest BCUT2D eigenvalue weighted by Gasteiger charge is -2.36. The van der Waals surface area contributed by atoms with E-state index in [2.05, 4.69) is 18.7 Å². The summed E-state index contributed by atoms with van der Waals surface area (Å²) in [5, 5.41) is 0.138. The first kappa shape index (κ1) is 23.4. The minimum absolute atomic E-state index is 0.0635. The second-order valence-corrected chi connectivity index (χ2v) is 8.42. The van der Waals surface area contributed by atoms with Gasteiger partial charge >= 0.3 is 0 Å². The first-order valence-corrected chi connectivity index (χ1v) is 11.8. The maximum Gasteiger partial charge on any atom is 0.270 e. The normalized spacial score (nSPS) is 15.3. The van der Waals surface area contributed by atoms with Gasteiger partial charge in [-0.25, -0.2) is 0 Å². The molecular weight excluding hydrogens is 442 g/mol. The molecule has 172 valence electrons. The van der Waals surface area contributed by atoms with E-state index in [4.69, 9.17) is 12.2 Å². The van der Waals surface area contributed by atoms with E-state index in [9.17, 15) is 9.59 Å². The maximum atomic E-state index is 13.6. The van der Waals surface area contributed by atoms with Crippen molar-refractivity contribution >= 4 is 52.3 Å². The highest BCUT2D eigenvalue weighted by atomic mass is 32.1. The smallest absolute Gasteiger partial charge is 0.270 e. The van der Waals surface area contributed by atoms with E-state index in [1.807, 2.05) is 85.8 Å². The molecule has 0 atom stereocenters. The van der Waals surface area contributed by atoms with Gasteiger partial charge in [-0.1, -0.05) is 48.0 Å². The Hall–Kier alpha value is -3.77. The van der Waals surface area contributed by atoms with Gasteiger partial charge in [-0.2, -0.15) is 0 Å². The number of benzene rings is 3. The molecule has 0 bridgehead atoms. The van der Waals surface area contributed by atoms with Crippen LogP contribution in [0.1, 0.15) is 25.0 Å². The van der Waals surface area contributed by atoms with Crippen molar-refractivity contribution in [2.75, 3.05) is 27.8 Å². The molecular formula is C28H27N3O2S. The van der Waals surface area contributed by atoms with Crippen molar-refractivity contribution in [3.05, 3.63) is 95.6 Å². The van der Waals surface area contributed by atoms with Crippen LogP contribution in [0.25, 0.3) is 6.08 Å². The molecule has 0 saturated carbocycles. The molecule has 0 radical (unpaired) electrons. The van der Waals surface area contributed by atoms with Gasteiger partial charge in [0.25, 0.3) is 11.8 Å². The summed E-state index contributed by atoms with van der Waals surface area (Å²) in [4.78, 5) is 32.3. The van der Waals surface area contributed by atoms with Gasteiger partial charge in [0, 0.05) is 18.8 Å². The first-order valence-electron chi connectivity index (χ1n) is 11.4. The zero-order chi connectivity index (χ0) is 24.2. The fourth-order valence-corrected chi connectivity index (χ4v) is 4.37. The molecule has 0 aliphatic carbocycles. The highest BCUT2D eigenvalue weighted by Gasteiger charge is 2.41. The Morgan fingerprint density at radius 3 is 1.82 bits per heavy atom. The van der Waals surface area contributed by atoms with E-state index >= 15 is 0 Å². The van der Waals surface area contributed by atoms with E-state index in [1.54, 1.807) is 6.08 Å². The average molecular weight is 470 g/mol. The summed E-state index contributed by atoms with van der Waals surface area (Å²) in [5.41, 5.74) is 4.24. The van der Waals surface area contributed by atoms with E-state index in [1.165, 1.54) is 9.80 Å². The molecule has 1 heterocycles. The van der Waals surface area contributed by atoms with Crippen molar-refractivity contribution in [3.63, 3.8) is 0 Å². The van der Waals surface area contributed by atoms with E-state index < -0.39 is 11.8 Å². The largest absolute Gasteiger partial charge is 0.372 e. The fourth-order valence-electron chi connectivity index (χ4n) is 3.99. The maximum absolute atomic E-state index is 13.6. The third kappa shape index (κ3) is 4.50. The Labute approximate surface area is 205 Å². The van der Waals surface area contributed by atoms with E-state index in [0.29, 0.717) is 11.4 Å². The van der Waals surface area contributed by atoms with Crippen molar-refractivity contribution in [3.8, 4) is 0 Å². The van der Waals surface area contributed by atoms with Gasteiger partial charge in [0.2, 0.25) is 0 Å². The van der Waals surface area contributed by atoms with E-state index in [-0.39, 0.29) is 10.7 Å². The lowest BCUT2D eigenvalue weighted by Crippen LogP contribution is -2.56. The van der Waals surface area contributed by atoms with Crippen LogP contribution in [-0.2, 0) is 9.59 Å². The minimum atomic E-state index is -0.433. The van der Waals surface area contributed by atoms with Crippen molar-refractivity contribution in [1.29, 1.82) is 0 Å². The second kappa shape index (κ2) is 10.0. The quantitative estimate of drug-likeness (QED) is 0.268. The monoisotopic (exact) mass is 469 g/mol. The van der Waals surface area contributed by atoms with Crippen LogP contribution in [-0.4, -0.2) is 30.0 Å². The Morgan fingerprint density at radius 1 is 0.765 bits per heavy atom. The van der Waals surface area contributed by atoms with Crippen LogP contribution in [0, 0.1) is 6.92 Å². The summed E-state index contributed by atoms with van der Waals surface area (Å²) in [5.74, 6) is -0.865. The van der Waals surface area contributed by atoms with Crippen LogP contribution in [0.3, 0.4) is 0 Å². The van der Waals surface area contributed by atoms with Gasteiger partial charge in [0.05, 0.1) is 11.4 Å². The van der Waals surface area contributed by atoms with Crippen LogP contribution in [0.4, 0.5) is 17.1 Å². The number of para-hydroxylation sites is 1. The molecule has 5 nitrogen and oxygen atoms in total. The molecule has 1 saturated heterocycles. The number of hydrogen-bond acceptors (Lipinski definition) is 4. The van der Waals surface area contributed by atoms with Gasteiger partial charge in [0.15, 0.2) is 5.11 Å². The summed E-state index contributed by atoms with van der Waals surface area (Å²) in [7, 11) is 0. The molecule has 0 spiro atoms. The molecule has 1 aliphatic heterocycles. The van der Waals surface area contributed by atoms with Gasteiger partial charge in [-0.05, 0) is 81.0 Å². The zero-order valence-electron chi connectivity index (χ0n) is 19.6. The zero-order valence-corrected chi connectivity index (χ0v) is 20.4. The Morgan fingerprint density at radius 2 is 1.29 bits per heavy atom. The first-order chi connectivity index (χ1) is 16.4. The minimum Gasteiger partial charge on any atom is -0.372 e. The SMILES string of the molecule is CCN(CC)c1ccc(C=C2C(=O)N(c3ccccc3)C(=S)N(c3ccc(C)cc3)C2=O)cc1. The number of amides is 2. The van der Waals surface area contributed by atoms with Crippen LogP contribution in [0.2, 0.25) is 0 Å². The molecule has 0 unspecified atom stereocenters. The summed E-state index contributed by atoms with van der Waals surface area (Å²) < 4.78 is 0. The highest BCUT2D eigenvalue weighted by Crippen LogP contribution is 2.30. The summed E-state index contributed by atoms with van der Waals surface area (Å²) in [6, 6.07) is 24.6. The van der Waals surface area contributed by atoms with Crippen molar-refractivity contribution < 1.29 is 9.59 Å². The summed E-state index contributed by atoms with van der Waals surface area (Å²) in [6.07, 6.45) is 1.65. The molecule has 0 aromatic heterocycles. The molecule has 3 aromatic rings. The number of aryl methyl sites for hydroxylation is 1. The number of anilines is 3. The fraction of sp³-hybridized carbons (Fsp3) is 0.179. The molecule has 1 aliphatic rings. The van der Waals surface area contributed by atoms with Crippen LogP contribution in [0.5, 0.6) is 0 Å². The van der Waals surface area contributed by atoms with Crippen molar-refractivity contribution in [1.82, 2.24) is 0 Å². The Kier molecular flexibility index (Phi) is 6.89. The topological polar surface area (TPSA) is 43.9 Å². The number of rotatable bonds is 6. The van der Waals surface area contributed by atoms with E-state index in [0.717, 1.165) is 29.9 Å². The van der Waals surface area contributed by atoms with Crippen LogP contribution >= 0.6 is 12.2 Å². The number of thiocarbonyl (C=S) groups is 1. The average Bonchev–Trinajstić information content (AvgIpc) is 2.85. The molecule has 0 N–H and O–H groups in total. The third-order valence-electron chi connectivity index (χ3n) is 5.89. The van der Waals surface area contributed by atoms with Gasteiger partial charge in [-0.15, -0.1) is 0 Å². The molecule has 2 amide bonds. The summed E-state index contributed by atoms with van der Waals surface area (Å²) in [6.45, 7) is 8.01. The predicted molar refractivity (Wildman–Crippen MR) is 143 cm³/mol. The predicted octanol–water partition coefficient (Wildman–Crippen LogP) is 5.59. The Balaban J connectivity index is 1.79. The number of carbonyl (C=O) groups excluding carboxylic acids is 2. The third-order valence-corrected chi connectivity index (χ3v) is 6.25. The lowest BCUT2D eigenvalue weighted by molar-refractivity contribution is -0.120. The lowest BCUT2D eigenvalue weighted by atomic mass is 10.0. The Bertz CT molecular complexity index is 1230. The van der Waals surface area contributed by atoms with Gasteiger partial charge < -0.3 is 4.90 Å². The molecule has 3 aromatic carbocycles. The van der Waals surface area contributed by atoms with Gasteiger partial charge in [-0.3, -0.25) is 19.4 Å². The summed E-state index contributed by atoms with van der Waals surface area (Å²) >= 11 is 5.67. The number of nitrogens with zero attached hydrogens (tertiary/aromatic N) is 3. The number of hydrogen-bond donors (Lipinski definition) is 0. The van der Waals surface area contributed by atoms with Crippen LogP contribution < -0.4 is 14.7 Å². The highest BCUT2D eigenvalue weighted by molar-refractivity contribution is 7.81. The molecule has 1 fully saturated rings.